The van der Waals surface area contributed by atoms with Crippen LogP contribution in [0.5, 0.6) is 0 Å². The fourth-order valence-electron chi connectivity index (χ4n) is 3.57. The maximum absolute atomic E-state index is 13.0. The number of esters is 1. The quantitative estimate of drug-likeness (QED) is 0.621. The van der Waals surface area contributed by atoms with Gasteiger partial charge in [0.25, 0.3) is 5.91 Å². The normalized spacial score (nSPS) is 17.0. The molecule has 164 valence electrons. The number of nitrogens with zero attached hydrogens (tertiary/aromatic N) is 1. The first-order chi connectivity index (χ1) is 14.9. The zero-order valence-corrected chi connectivity index (χ0v) is 18.7. The fraction of sp³-hybridized carbons (Fsp3) is 0.348. The maximum atomic E-state index is 13.0. The molecule has 6 nitrogen and oxygen atoms in total. The number of rotatable bonds is 6. The molecule has 3 rings (SSSR count). The summed E-state index contributed by atoms with van der Waals surface area (Å²) in [6.45, 7) is 2.73. The molecule has 2 aromatic rings. The van der Waals surface area contributed by atoms with Gasteiger partial charge >= 0.3 is 5.97 Å². The van der Waals surface area contributed by atoms with Crippen molar-refractivity contribution in [1.82, 2.24) is 4.90 Å². The van der Waals surface area contributed by atoms with Crippen LogP contribution in [0.4, 0.5) is 5.69 Å². The van der Waals surface area contributed by atoms with Crippen LogP contribution in [0.15, 0.2) is 48.5 Å². The Hall–Kier alpha value is -2.57. The van der Waals surface area contributed by atoms with Crippen LogP contribution in [0, 0.1) is 5.92 Å². The molecule has 0 saturated carbocycles. The molecule has 1 aliphatic rings. The van der Waals surface area contributed by atoms with Gasteiger partial charge in [0.05, 0.1) is 5.92 Å². The molecule has 2 aromatic carbocycles. The van der Waals surface area contributed by atoms with Crippen LogP contribution in [-0.4, -0.2) is 35.8 Å². The number of ether oxygens (including phenoxy) is 1. The van der Waals surface area contributed by atoms with E-state index in [2.05, 4.69) is 5.32 Å². The highest BCUT2D eigenvalue weighted by atomic mass is 35.5. The van der Waals surface area contributed by atoms with E-state index >= 15 is 0 Å². The summed E-state index contributed by atoms with van der Waals surface area (Å²) in [7, 11) is 0. The highest BCUT2D eigenvalue weighted by Crippen LogP contribution is 2.27. The summed E-state index contributed by atoms with van der Waals surface area (Å²) >= 11 is 12.0. The number of piperidine rings is 1. The molecule has 0 aromatic heterocycles. The van der Waals surface area contributed by atoms with Crippen LogP contribution in [-0.2, 0) is 19.1 Å². The molecule has 2 atom stereocenters. The summed E-state index contributed by atoms with van der Waals surface area (Å²) in [6, 6.07) is 13.5. The molecule has 0 bridgehead atoms. The van der Waals surface area contributed by atoms with E-state index < -0.39 is 23.9 Å². The lowest BCUT2D eigenvalue weighted by Crippen LogP contribution is -2.43. The third-order valence-corrected chi connectivity index (χ3v) is 5.55. The third kappa shape index (κ3) is 6.21. The molecule has 1 heterocycles. The monoisotopic (exact) mass is 462 g/mol. The van der Waals surface area contributed by atoms with Gasteiger partial charge in [0.2, 0.25) is 12.0 Å². The van der Waals surface area contributed by atoms with Gasteiger partial charge in [-0.3, -0.25) is 14.4 Å². The Bertz CT molecular complexity index is 932. The standard InChI is InChI=1S/C23H24Cl2N2O4/c1-2-20(28)27-10-6-9-16(14-27)23(30)31-21(15-7-4-3-5-8-15)22(29)26-19-12-17(24)11-18(25)13-19/h3-5,7-8,11-13,16,21H,2,6,9-10,14H2,1H3,(H,26,29). The second kappa shape index (κ2) is 10.6. The Morgan fingerprint density at radius 1 is 1.13 bits per heavy atom. The number of benzene rings is 2. The molecule has 2 amide bonds. The van der Waals surface area contributed by atoms with Crippen LogP contribution in [0.1, 0.15) is 37.9 Å². The predicted molar refractivity (Wildman–Crippen MR) is 120 cm³/mol. The Balaban J connectivity index is 1.77. The number of nitrogens with one attached hydrogen (secondary N) is 1. The van der Waals surface area contributed by atoms with E-state index in [1.807, 2.05) is 6.07 Å². The molecule has 31 heavy (non-hydrogen) atoms. The third-order valence-electron chi connectivity index (χ3n) is 5.11. The van der Waals surface area contributed by atoms with E-state index in [1.54, 1.807) is 54.3 Å². The highest BCUT2D eigenvalue weighted by molar-refractivity contribution is 6.35. The molecular formula is C23H24Cl2N2O4. The molecule has 1 N–H and O–H groups in total. The molecular weight excluding hydrogens is 439 g/mol. The molecule has 0 aliphatic carbocycles. The topological polar surface area (TPSA) is 75.7 Å². The van der Waals surface area contributed by atoms with Crippen LogP contribution < -0.4 is 5.32 Å². The minimum Gasteiger partial charge on any atom is -0.447 e. The van der Waals surface area contributed by atoms with E-state index in [0.717, 1.165) is 0 Å². The zero-order chi connectivity index (χ0) is 22.4. The molecule has 1 aliphatic heterocycles. The van der Waals surface area contributed by atoms with Gasteiger partial charge in [0.15, 0.2) is 0 Å². The van der Waals surface area contributed by atoms with Crippen LogP contribution in [0.2, 0.25) is 10.0 Å². The van der Waals surface area contributed by atoms with Crippen molar-refractivity contribution in [2.75, 3.05) is 18.4 Å². The van der Waals surface area contributed by atoms with Crippen molar-refractivity contribution >= 4 is 46.7 Å². The smallest absolute Gasteiger partial charge is 0.311 e. The Kier molecular flexibility index (Phi) is 7.93. The van der Waals surface area contributed by atoms with Gasteiger partial charge in [0, 0.05) is 40.8 Å². The van der Waals surface area contributed by atoms with Crippen molar-refractivity contribution in [3.8, 4) is 0 Å². The SMILES string of the molecule is CCC(=O)N1CCCC(C(=O)OC(C(=O)Nc2cc(Cl)cc(Cl)c2)c2ccccc2)C1. The average Bonchev–Trinajstić information content (AvgIpc) is 2.76. The van der Waals surface area contributed by atoms with Gasteiger partial charge < -0.3 is 15.0 Å². The molecule has 1 fully saturated rings. The van der Waals surface area contributed by atoms with Gasteiger partial charge in [0.1, 0.15) is 0 Å². The lowest BCUT2D eigenvalue weighted by Gasteiger charge is -2.32. The van der Waals surface area contributed by atoms with Gasteiger partial charge in [-0.2, -0.15) is 0 Å². The van der Waals surface area contributed by atoms with E-state index in [4.69, 9.17) is 27.9 Å². The lowest BCUT2D eigenvalue weighted by atomic mass is 9.97. The number of hydrogen-bond donors (Lipinski definition) is 1. The highest BCUT2D eigenvalue weighted by Gasteiger charge is 2.33. The first kappa shape index (κ1) is 23.1. The van der Waals surface area contributed by atoms with Gasteiger partial charge in [-0.05, 0) is 31.0 Å². The largest absolute Gasteiger partial charge is 0.447 e. The summed E-state index contributed by atoms with van der Waals surface area (Å²) < 4.78 is 5.68. The van der Waals surface area contributed by atoms with Crippen molar-refractivity contribution in [2.45, 2.75) is 32.3 Å². The number of hydrogen-bond acceptors (Lipinski definition) is 4. The number of likely N-dealkylation sites (tertiary alicyclic amines) is 1. The Morgan fingerprint density at radius 3 is 2.45 bits per heavy atom. The van der Waals surface area contributed by atoms with Crippen LogP contribution in [0.25, 0.3) is 0 Å². The second-order valence-corrected chi connectivity index (χ2v) is 8.28. The molecule has 2 unspecified atom stereocenters. The van der Waals surface area contributed by atoms with Crippen LogP contribution >= 0.6 is 23.2 Å². The summed E-state index contributed by atoms with van der Waals surface area (Å²) in [5.41, 5.74) is 0.940. The molecule has 0 radical (unpaired) electrons. The van der Waals surface area contributed by atoms with Crippen LogP contribution in [0.3, 0.4) is 0 Å². The van der Waals surface area contributed by atoms with E-state index in [1.165, 1.54) is 0 Å². The van der Waals surface area contributed by atoms with E-state index in [-0.39, 0.29) is 5.91 Å². The molecule has 0 spiro atoms. The van der Waals surface area contributed by atoms with Crippen molar-refractivity contribution in [2.24, 2.45) is 5.92 Å². The number of amides is 2. The summed E-state index contributed by atoms with van der Waals surface area (Å²) in [4.78, 5) is 39.7. The van der Waals surface area contributed by atoms with Crippen molar-refractivity contribution in [1.29, 1.82) is 0 Å². The summed E-state index contributed by atoms with van der Waals surface area (Å²) in [6.07, 6.45) is 0.566. The second-order valence-electron chi connectivity index (χ2n) is 7.41. The minimum atomic E-state index is -1.15. The Labute approximate surface area is 191 Å². The maximum Gasteiger partial charge on any atom is 0.311 e. The van der Waals surface area contributed by atoms with Gasteiger partial charge in [-0.1, -0.05) is 60.5 Å². The number of anilines is 1. The minimum absolute atomic E-state index is 0.00712. The lowest BCUT2D eigenvalue weighted by molar-refractivity contribution is -0.161. The van der Waals surface area contributed by atoms with E-state index in [0.29, 0.717) is 53.6 Å². The Morgan fingerprint density at radius 2 is 1.81 bits per heavy atom. The zero-order valence-electron chi connectivity index (χ0n) is 17.1. The van der Waals surface area contributed by atoms with Gasteiger partial charge in [-0.15, -0.1) is 0 Å². The average molecular weight is 463 g/mol. The fourth-order valence-corrected chi connectivity index (χ4v) is 4.09. The molecule has 1 saturated heterocycles. The molecule has 8 heteroatoms. The number of halogens is 2. The van der Waals surface area contributed by atoms with Crippen molar-refractivity contribution in [3.05, 3.63) is 64.1 Å². The predicted octanol–water partition coefficient (Wildman–Crippen LogP) is 4.87. The summed E-state index contributed by atoms with van der Waals surface area (Å²) in [5, 5.41) is 3.47. The van der Waals surface area contributed by atoms with E-state index in [9.17, 15) is 14.4 Å². The number of carbonyl (C=O) groups excluding carboxylic acids is 3. The first-order valence-electron chi connectivity index (χ1n) is 10.2. The summed E-state index contributed by atoms with van der Waals surface area (Å²) in [5.74, 6) is -1.48. The first-order valence-corrected chi connectivity index (χ1v) is 10.9. The van der Waals surface area contributed by atoms with Crippen molar-refractivity contribution in [3.63, 3.8) is 0 Å². The number of carbonyl (C=O) groups is 3. The van der Waals surface area contributed by atoms with Crippen molar-refractivity contribution < 1.29 is 19.1 Å². The van der Waals surface area contributed by atoms with Gasteiger partial charge in [-0.25, -0.2) is 0 Å².